The molecule has 0 heterocycles. The molecule has 0 aromatic rings. The van der Waals surface area contributed by atoms with Crippen molar-refractivity contribution in [1.82, 2.24) is 0 Å². The lowest BCUT2D eigenvalue weighted by Gasteiger charge is -2.47. The van der Waals surface area contributed by atoms with E-state index in [0.29, 0.717) is 0 Å². The van der Waals surface area contributed by atoms with Gasteiger partial charge in [-0.05, 0) is 54.4 Å². The summed E-state index contributed by atoms with van der Waals surface area (Å²) in [6, 6.07) is 0. The monoisotopic (exact) mass is 373 g/mol. The molecule has 27 heavy (non-hydrogen) atoms. The van der Waals surface area contributed by atoms with E-state index in [-0.39, 0.29) is 33.1 Å². The van der Waals surface area contributed by atoms with Gasteiger partial charge in [0.1, 0.15) is 0 Å². The van der Waals surface area contributed by atoms with E-state index in [2.05, 4.69) is 112 Å². The number of nitrogens with two attached hydrogens (primary N) is 1. The van der Waals surface area contributed by atoms with E-state index in [1.54, 1.807) is 0 Å². The molecule has 0 saturated heterocycles. The van der Waals surface area contributed by atoms with E-state index in [1.165, 1.54) is 0 Å². The Hall–Kier alpha value is -1.04. The van der Waals surface area contributed by atoms with Crippen LogP contribution < -0.4 is 5.73 Å². The van der Waals surface area contributed by atoms with Crippen molar-refractivity contribution in [2.24, 2.45) is 33.3 Å². The molecule has 3 atom stereocenters. The van der Waals surface area contributed by atoms with Gasteiger partial charge < -0.3 is 5.73 Å². The first-order valence-electron chi connectivity index (χ1n) is 10.5. The number of hydrogen-bond donors (Lipinski definition) is 1. The fraction of sp³-hybridized carbons (Fsp3) is 0.731. The number of rotatable bonds is 10. The Kier molecular flexibility index (Phi) is 8.63. The van der Waals surface area contributed by atoms with Gasteiger partial charge in [-0.15, -0.1) is 12.3 Å². The second-order valence-corrected chi connectivity index (χ2v) is 11.2. The lowest BCUT2D eigenvalue weighted by Crippen LogP contribution is -2.55. The first-order chi connectivity index (χ1) is 12.0. The average Bonchev–Trinajstić information content (AvgIpc) is 2.50. The van der Waals surface area contributed by atoms with Crippen LogP contribution in [0.3, 0.4) is 0 Å². The minimum atomic E-state index is -0.328. The van der Waals surface area contributed by atoms with Crippen LogP contribution in [0, 0.1) is 27.6 Å². The normalized spacial score (nSPS) is 19.1. The SMILES string of the molecule is C=C=CC(C)(CC)C(C)(C)/C=C/CC(C)(C)C(C)(N)C(C=C)CC(C)(C)C. The van der Waals surface area contributed by atoms with Gasteiger partial charge in [0.05, 0.1) is 0 Å². The Labute approximate surface area is 170 Å². The summed E-state index contributed by atoms with van der Waals surface area (Å²) in [5, 5.41) is 0. The highest BCUT2D eigenvalue weighted by Crippen LogP contribution is 2.46. The van der Waals surface area contributed by atoms with Crippen LogP contribution in [0.5, 0.6) is 0 Å². The average molecular weight is 374 g/mol. The predicted molar refractivity (Wildman–Crippen MR) is 124 cm³/mol. The van der Waals surface area contributed by atoms with E-state index in [1.807, 2.05) is 0 Å². The van der Waals surface area contributed by atoms with Gasteiger partial charge in [-0.1, -0.05) is 87.1 Å². The van der Waals surface area contributed by atoms with Crippen LogP contribution in [0.1, 0.15) is 88.5 Å². The molecule has 0 aliphatic carbocycles. The van der Waals surface area contributed by atoms with Crippen molar-refractivity contribution >= 4 is 0 Å². The highest BCUT2D eigenvalue weighted by molar-refractivity contribution is 5.13. The van der Waals surface area contributed by atoms with Crippen LogP contribution in [-0.2, 0) is 0 Å². The second kappa shape index (κ2) is 8.97. The van der Waals surface area contributed by atoms with Gasteiger partial charge in [0.25, 0.3) is 0 Å². The van der Waals surface area contributed by atoms with Gasteiger partial charge in [0.15, 0.2) is 0 Å². The van der Waals surface area contributed by atoms with Crippen molar-refractivity contribution in [2.45, 2.75) is 94.0 Å². The van der Waals surface area contributed by atoms with Gasteiger partial charge in [-0.3, -0.25) is 0 Å². The van der Waals surface area contributed by atoms with Crippen LogP contribution in [-0.4, -0.2) is 5.54 Å². The molecular weight excluding hydrogens is 326 g/mol. The Bertz CT molecular complexity index is 562. The van der Waals surface area contributed by atoms with Crippen LogP contribution in [0.2, 0.25) is 0 Å². The molecule has 156 valence electrons. The third-order valence-electron chi connectivity index (χ3n) is 7.14. The molecule has 1 heteroatoms. The molecule has 1 nitrogen and oxygen atoms in total. The van der Waals surface area contributed by atoms with Crippen LogP contribution in [0.4, 0.5) is 0 Å². The van der Waals surface area contributed by atoms with Gasteiger partial charge >= 0.3 is 0 Å². The highest BCUT2D eigenvalue weighted by Gasteiger charge is 2.43. The molecule has 0 radical (unpaired) electrons. The summed E-state index contributed by atoms with van der Waals surface area (Å²) in [5.41, 5.74) is 9.86. The second-order valence-electron chi connectivity index (χ2n) is 11.2. The van der Waals surface area contributed by atoms with Crippen molar-refractivity contribution in [3.63, 3.8) is 0 Å². The maximum Gasteiger partial charge on any atom is 0.0244 e. The molecular formula is C26H47N. The maximum absolute atomic E-state index is 6.94. The van der Waals surface area contributed by atoms with Crippen LogP contribution in [0.15, 0.2) is 43.2 Å². The fourth-order valence-corrected chi connectivity index (χ4v) is 3.73. The van der Waals surface area contributed by atoms with Gasteiger partial charge in [0, 0.05) is 11.0 Å². The molecule has 0 aliphatic heterocycles. The van der Waals surface area contributed by atoms with E-state index in [0.717, 1.165) is 19.3 Å². The number of hydrogen-bond acceptors (Lipinski definition) is 1. The molecule has 0 aromatic carbocycles. The Morgan fingerprint density at radius 1 is 1.00 bits per heavy atom. The molecule has 0 spiro atoms. The zero-order chi connectivity index (χ0) is 21.7. The summed E-state index contributed by atoms with van der Waals surface area (Å²) in [7, 11) is 0. The molecule has 3 unspecified atom stereocenters. The molecule has 0 aliphatic rings. The summed E-state index contributed by atoms with van der Waals surface area (Å²) >= 11 is 0. The molecule has 2 N–H and O–H groups in total. The molecule has 0 amide bonds. The van der Waals surface area contributed by atoms with Crippen molar-refractivity contribution in [1.29, 1.82) is 0 Å². The minimum absolute atomic E-state index is 0.0246. The molecule has 0 saturated carbocycles. The molecule has 0 fully saturated rings. The lowest BCUT2D eigenvalue weighted by atomic mass is 9.61. The quantitative estimate of drug-likeness (QED) is 0.308. The Morgan fingerprint density at radius 3 is 1.89 bits per heavy atom. The van der Waals surface area contributed by atoms with Crippen molar-refractivity contribution < 1.29 is 0 Å². The van der Waals surface area contributed by atoms with E-state index < -0.39 is 0 Å². The van der Waals surface area contributed by atoms with Crippen molar-refractivity contribution in [2.75, 3.05) is 0 Å². The molecule has 0 aromatic heterocycles. The third-order valence-corrected chi connectivity index (χ3v) is 7.14. The smallest absolute Gasteiger partial charge is 0.0244 e. The molecule has 0 bridgehead atoms. The van der Waals surface area contributed by atoms with Crippen LogP contribution in [0.25, 0.3) is 0 Å². The lowest BCUT2D eigenvalue weighted by molar-refractivity contribution is 0.109. The summed E-state index contributed by atoms with van der Waals surface area (Å²) in [4.78, 5) is 0. The Morgan fingerprint density at radius 2 is 1.52 bits per heavy atom. The summed E-state index contributed by atoms with van der Waals surface area (Å²) in [5.74, 6) is 0.276. The largest absolute Gasteiger partial charge is 0.324 e. The first kappa shape index (κ1) is 26.0. The van der Waals surface area contributed by atoms with Gasteiger partial charge in [-0.25, -0.2) is 0 Å². The van der Waals surface area contributed by atoms with Gasteiger partial charge in [0.2, 0.25) is 0 Å². The minimum Gasteiger partial charge on any atom is -0.324 e. The zero-order valence-corrected chi connectivity index (χ0v) is 20.0. The number of allylic oxidation sites excluding steroid dienone is 3. The summed E-state index contributed by atoms with van der Waals surface area (Å²) < 4.78 is 0. The fourth-order valence-electron chi connectivity index (χ4n) is 3.73. The molecule has 0 rings (SSSR count). The summed E-state index contributed by atoms with van der Waals surface area (Å²) in [6.45, 7) is 30.6. The van der Waals surface area contributed by atoms with Crippen molar-refractivity contribution in [3.05, 3.63) is 43.2 Å². The highest BCUT2D eigenvalue weighted by atomic mass is 14.8. The summed E-state index contributed by atoms with van der Waals surface area (Å²) in [6.07, 6.45) is 11.9. The third kappa shape index (κ3) is 6.51. The maximum atomic E-state index is 6.94. The first-order valence-corrected chi connectivity index (χ1v) is 10.5. The van der Waals surface area contributed by atoms with E-state index in [9.17, 15) is 0 Å². The van der Waals surface area contributed by atoms with Crippen molar-refractivity contribution in [3.8, 4) is 0 Å². The topological polar surface area (TPSA) is 26.0 Å². The Balaban J connectivity index is 5.54. The van der Waals surface area contributed by atoms with E-state index >= 15 is 0 Å². The zero-order valence-electron chi connectivity index (χ0n) is 20.0. The van der Waals surface area contributed by atoms with E-state index in [4.69, 9.17) is 5.73 Å². The standard InChI is InChI=1S/C26H47N/c1-13-17-25(11,15-3)23(7,8)18-16-19-24(9,10)26(12,27)21(14-2)20-22(4,5)6/h14,16-18,21H,1-2,15,19-20,27H2,3-12H3/b18-16+. The van der Waals surface area contributed by atoms with Crippen LogP contribution >= 0.6 is 0 Å². The predicted octanol–water partition coefficient (Wildman–Crippen LogP) is 7.70. The van der Waals surface area contributed by atoms with Gasteiger partial charge in [-0.2, -0.15) is 0 Å².